The highest BCUT2D eigenvalue weighted by Gasteiger charge is 2.24. The van der Waals surface area contributed by atoms with Crippen molar-refractivity contribution in [3.63, 3.8) is 0 Å². The third kappa shape index (κ3) is 5.57. The van der Waals surface area contributed by atoms with Gasteiger partial charge in [0.15, 0.2) is 0 Å². The van der Waals surface area contributed by atoms with Crippen LogP contribution >= 0.6 is 0 Å². The first-order valence-corrected chi connectivity index (χ1v) is 10.5. The molecule has 0 bridgehead atoms. The number of aryl methyl sites for hydroxylation is 1. The Morgan fingerprint density at radius 3 is 2.58 bits per heavy atom. The monoisotopic (exact) mass is 420 g/mol. The van der Waals surface area contributed by atoms with Gasteiger partial charge in [-0.25, -0.2) is 9.37 Å². The summed E-state index contributed by atoms with van der Waals surface area (Å²) in [5.41, 5.74) is 3.15. The molecule has 0 amide bonds. The molecule has 3 aromatic rings. The molecule has 1 fully saturated rings. The lowest BCUT2D eigenvalue weighted by Crippen LogP contribution is -2.28. The first kappa shape index (κ1) is 21.2. The lowest BCUT2D eigenvalue weighted by atomic mass is 9.95. The number of nitrogens with zero attached hydrogens (tertiary/aromatic N) is 2. The predicted molar refractivity (Wildman–Crippen MR) is 113 cm³/mol. The molecule has 6 heteroatoms. The number of rotatable bonds is 7. The van der Waals surface area contributed by atoms with Crippen LogP contribution in [0.4, 0.5) is 4.39 Å². The molecule has 31 heavy (non-hydrogen) atoms. The largest absolute Gasteiger partial charge is 0.441 e. The molecular formula is C25H25FN2O3. The molecule has 0 N–H and O–H groups in total. The van der Waals surface area contributed by atoms with E-state index in [0.29, 0.717) is 30.4 Å². The second-order valence-corrected chi connectivity index (χ2v) is 7.87. The molecule has 1 heterocycles. The molecule has 0 radical (unpaired) electrons. The normalized spacial score (nSPS) is 18.6. The molecule has 0 aliphatic heterocycles. The fourth-order valence-corrected chi connectivity index (χ4v) is 3.82. The van der Waals surface area contributed by atoms with Crippen LogP contribution in [0.2, 0.25) is 0 Å². The van der Waals surface area contributed by atoms with E-state index >= 15 is 0 Å². The maximum atomic E-state index is 13.1. The van der Waals surface area contributed by atoms with Crippen LogP contribution in [0.3, 0.4) is 0 Å². The van der Waals surface area contributed by atoms with Gasteiger partial charge in [0.1, 0.15) is 17.3 Å². The number of hydrogen-bond acceptors (Lipinski definition) is 5. The Morgan fingerprint density at radius 1 is 1.10 bits per heavy atom. The fourth-order valence-electron chi connectivity index (χ4n) is 3.82. The van der Waals surface area contributed by atoms with Crippen LogP contribution in [-0.2, 0) is 22.7 Å². The van der Waals surface area contributed by atoms with Gasteiger partial charge >= 0.3 is 0 Å². The Kier molecular flexibility index (Phi) is 6.76. The zero-order valence-electron chi connectivity index (χ0n) is 17.5. The average Bonchev–Trinajstić information content (AvgIpc) is 3.17. The van der Waals surface area contributed by atoms with E-state index in [-0.39, 0.29) is 18.0 Å². The summed E-state index contributed by atoms with van der Waals surface area (Å²) in [6, 6.07) is 15.8. The first-order chi connectivity index (χ1) is 15.1. The summed E-state index contributed by atoms with van der Waals surface area (Å²) >= 11 is 0. The zero-order chi connectivity index (χ0) is 21.6. The smallest absolute Gasteiger partial charge is 0.226 e. The summed E-state index contributed by atoms with van der Waals surface area (Å²) in [5, 5.41) is 9.03. The molecule has 0 spiro atoms. The third-order valence-electron chi connectivity index (χ3n) is 5.56. The van der Waals surface area contributed by atoms with E-state index in [1.165, 1.54) is 12.1 Å². The molecule has 0 saturated heterocycles. The van der Waals surface area contributed by atoms with Gasteiger partial charge < -0.3 is 13.9 Å². The van der Waals surface area contributed by atoms with Gasteiger partial charge in [-0.3, -0.25) is 0 Å². The number of halogens is 1. The number of hydrogen-bond donors (Lipinski definition) is 0. The maximum absolute atomic E-state index is 13.1. The summed E-state index contributed by atoms with van der Waals surface area (Å²) < 4.78 is 31.1. The van der Waals surface area contributed by atoms with E-state index in [2.05, 4.69) is 11.1 Å². The zero-order valence-corrected chi connectivity index (χ0v) is 17.5. The van der Waals surface area contributed by atoms with Crippen molar-refractivity contribution in [3.05, 3.63) is 76.9 Å². The van der Waals surface area contributed by atoms with Crippen LogP contribution in [0.5, 0.6) is 0 Å². The summed E-state index contributed by atoms with van der Waals surface area (Å²) in [5.74, 6) is 0.892. The molecule has 2 unspecified atom stereocenters. The quantitative estimate of drug-likeness (QED) is 0.490. The van der Waals surface area contributed by atoms with Crippen molar-refractivity contribution in [2.45, 2.75) is 58.0 Å². The Labute approximate surface area is 181 Å². The number of benzene rings is 2. The molecule has 1 aromatic heterocycles. The van der Waals surface area contributed by atoms with Crippen LogP contribution < -0.4 is 0 Å². The van der Waals surface area contributed by atoms with E-state index in [1.54, 1.807) is 18.2 Å². The van der Waals surface area contributed by atoms with E-state index in [1.807, 2.05) is 25.1 Å². The second kappa shape index (κ2) is 9.86. The maximum Gasteiger partial charge on any atom is 0.226 e. The fraction of sp³-hybridized carbons (Fsp3) is 0.360. The first-order valence-electron chi connectivity index (χ1n) is 10.5. The van der Waals surface area contributed by atoms with Crippen molar-refractivity contribution in [2.24, 2.45) is 0 Å². The van der Waals surface area contributed by atoms with Gasteiger partial charge in [-0.15, -0.1) is 0 Å². The number of aromatic nitrogens is 1. The highest BCUT2D eigenvalue weighted by Crippen LogP contribution is 2.27. The van der Waals surface area contributed by atoms with E-state index in [9.17, 15) is 4.39 Å². The Hall–Kier alpha value is -3.01. The molecule has 2 aromatic carbocycles. The molecule has 1 saturated carbocycles. The lowest BCUT2D eigenvalue weighted by Gasteiger charge is -2.29. The predicted octanol–water partition coefficient (Wildman–Crippen LogP) is 5.71. The van der Waals surface area contributed by atoms with Crippen molar-refractivity contribution >= 4 is 0 Å². The van der Waals surface area contributed by atoms with Crippen molar-refractivity contribution in [3.8, 4) is 17.5 Å². The summed E-state index contributed by atoms with van der Waals surface area (Å²) in [4.78, 5) is 4.53. The highest BCUT2D eigenvalue weighted by molar-refractivity contribution is 5.53. The number of oxazole rings is 1. The van der Waals surface area contributed by atoms with E-state index in [4.69, 9.17) is 19.2 Å². The van der Waals surface area contributed by atoms with Gasteiger partial charge in [0.2, 0.25) is 5.89 Å². The Balaban J connectivity index is 1.30. The van der Waals surface area contributed by atoms with Crippen molar-refractivity contribution in [1.82, 2.24) is 4.98 Å². The molecule has 4 rings (SSSR count). The van der Waals surface area contributed by atoms with Gasteiger partial charge in [-0.1, -0.05) is 12.1 Å². The Bertz CT molecular complexity index is 1060. The van der Waals surface area contributed by atoms with E-state index in [0.717, 1.165) is 42.5 Å². The minimum absolute atomic E-state index is 0.106. The van der Waals surface area contributed by atoms with Crippen LogP contribution in [-0.4, -0.2) is 17.2 Å². The molecule has 2 atom stereocenters. The van der Waals surface area contributed by atoms with Gasteiger partial charge in [-0.2, -0.15) is 5.26 Å². The van der Waals surface area contributed by atoms with Crippen LogP contribution in [0, 0.1) is 24.1 Å². The van der Waals surface area contributed by atoms with Crippen molar-refractivity contribution < 1.29 is 18.3 Å². The minimum Gasteiger partial charge on any atom is -0.441 e. The molecule has 1 aliphatic rings. The van der Waals surface area contributed by atoms with Gasteiger partial charge in [-0.05, 0) is 74.6 Å². The second-order valence-electron chi connectivity index (χ2n) is 7.87. The van der Waals surface area contributed by atoms with Gasteiger partial charge in [0, 0.05) is 5.56 Å². The average molecular weight is 420 g/mol. The highest BCUT2D eigenvalue weighted by atomic mass is 19.1. The summed E-state index contributed by atoms with van der Waals surface area (Å²) in [6.45, 7) is 2.73. The molecular weight excluding hydrogens is 395 g/mol. The van der Waals surface area contributed by atoms with Crippen LogP contribution in [0.15, 0.2) is 52.9 Å². The SMILES string of the molecule is Cc1oc(-c2ccc(F)cc2)nc1COC1CCCC(OCc2cccc(C#N)c2)C1. The molecule has 1 aliphatic carbocycles. The number of ether oxygens (including phenoxy) is 2. The Morgan fingerprint density at radius 2 is 1.84 bits per heavy atom. The number of nitriles is 1. The lowest BCUT2D eigenvalue weighted by molar-refractivity contribution is -0.0562. The summed E-state index contributed by atoms with van der Waals surface area (Å²) in [7, 11) is 0. The van der Waals surface area contributed by atoms with Gasteiger partial charge in [0.05, 0.1) is 37.1 Å². The van der Waals surface area contributed by atoms with E-state index < -0.39 is 0 Å². The topological polar surface area (TPSA) is 68.3 Å². The van der Waals surface area contributed by atoms with Crippen LogP contribution in [0.25, 0.3) is 11.5 Å². The van der Waals surface area contributed by atoms with Gasteiger partial charge in [0.25, 0.3) is 0 Å². The minimum atomic E-state index is -0.289. The van der Waals surface area contributed by atoms with Crippen molar-refractivity contribution in [2.75, 3.05) is 0 Å². The molecule has 160 valence electrons. The standard InChI is InChI=1S/C25H25FN2O3/c1-17-24(28-25(31-17)20-8-10-21(26)11-9-20)16-30-23-7-3-6-22(13-23)29-15-19-5-2-4-18(12-19)14-27/h2,4-5,8-12,22-23H,3,6-7,13,15-16H2,1H3. The van der Waals surface area contributed by atoms with Crippen molar-refractivity contribution in [1.29, 1.82) is 5.26 Å². The third-order valence-corrected chi connectivity index (χ3v) is 5.56. The molecule has 5 nitrogen and oxygen atoms in total. The van der Waals surface area contributed by atoms with Crippen LogP contribution in [0.1, 0.15) is 48.3 Å². The summed E-state index contributed by atoms with van der Waals surface area (Å²) in [6.07, 6.45) is 4.12.